The average molecular weight is 350 g/mol. The van der Waals surface area contributed by atoms with Gasteiger partial charge in [-0.3, -0.25) is 4.79 Å². The number of rotatable bonds is 6. The van der Waals surface area contributed by atoms with Crippen LogP contribution in [0.2, 0.25) is 0 Å². The first-order valence-corrected chi connectivity index (χ1v) is 9.16. The minimum Gasteiger partial charge on any atom is -0.439 e. The van der Waals surface area contributed by atoms with Crippen LogP contribution in [-0.4, -0.2) is 15.8 Å². The highest BCUT2D eigenvalue weighted by Gasteiger charge is 2.22. The van der Waals surface area contributed by atoms with Gasteiger partial charge in [0.25, 0.3) is 0 Å². The molecule has 0 spiro atoms. The number of aromatic nitrogens is 1. The molecular weight excluding hydrogens is 324 g/mol. The third-order valence-corrected chi connectivity index (χ3v) is 4.75. The summed E-state index contributed by atoms with van der Waals surface area (Å²) < 4.78 is 5.87. The molecule has 3 aromatic rings. The van der Waals surface area contributed by atoms with E-state index in [1.807, 2.05) is 43.9 Å². The van der Waals surface area contributed by atoms with Crippen molar-refractivity contribution in [1.82, 2.24) is 9.88 Å². The summed E-state index contributed by atoms with van der Waals surface area (Å²) in [5.74, 6) is 0.688. The molecule has 1 atom stereocenters. The van der Waals surface area contributed by atoms with E-state index in [-0.39, 0.29) is 11.8 Å². The maximum absolute atomic E-state index is 12.9. The lowest BCUT2D eigenvalue weighted by Crippen LogP contribution is -2.34. The van der Waals surface area contributed by atoms with Crippen LogP contribution in [0, 0.1) is 19.8 Å². The first-order chi connectivity index (χ1) is 12.5. The summed E-state index contributed by atoms with van der Waals surface area (Å²) in [5, 5.41) is 0. The van der Waals surface area contributed by atoms with Gasteiger partial charge in [-0.25, -0.2) is 4.98 Å². The lowest BCUT2D eigenvalue weighted by molar-refractivity contribution is -0.136. The summed E-state index contributed by atoms with van der Waals surface area (Å²) >= 11 is 0. The quantitative estimate of drug-likeness (QED) is 0.627. The van der Waals surface area contributed by atoms with Crippen molar-refractivity contribution in [2.75, 3.05) is 0 Å². The minimum absolute atomic E-state index is 0.0212. The van der Waals surface area contributed by atoms with Crippen molar-refractivity contribution < 1.29 is 9.21 Å². The Morgan fingerprint density at radius 1 is 1.08 bits per heavy atom. The number of carbonyl (C=O) groups is 1. The zero-order valence-electron chi connectivity index (χ0n) is 16.0. The monoisotopic (exact) mass is 350 g/mol. The van der Waals surface area contributed by atoms with Crippen molar-refractivity contribution in [1.29, 1.82) is 0 Å². The SMILES string of the molecule is CC[C@H](C)C(=O)N(Cc1ccc(C)cc1)Cc1nc2cc(C)ccc2o1. The number of amides is 1. The predicted octanol–water partition coefficient (Wildman–Crippen LogP) is 5.02. The van der Waals surface area contributed by atoms with E-state index in [4.69, 9.17) is 4.42 Å². The van der Waals surface area contributed by atoms with Gasteiger partial charge in [0, 0.05) is 12.5 Å². The van der Waals surface area contributed by atoms with Crippen molar-refractivity contribution in [3.63, 3.8) is 0 Å². The van der Waals surface area contributed by atoms with Crippen LogP contribution < -0.4 is 0 Å². The predicted molar refractivity (Wildman–Crippen MR) is 104 cm³/mol. The van der Waals surface area contributed by atoms with Gasteiger partial charge in [0.05, 0.1) is 6.54 Å². The van der Waals surface area contributed by atoms with Crippen LogP contribution in [0.4, 0.5) is 0 Å². The van der Waals surface area contributed by atoms with Gasteiger partial charge in [-0.05, 0) is 43.5 Å². The van der Waals surface area contributed by atoms with Crippen LogP contribution in [0.5, 0.6) is 0 Å². The molecule has 1 heterocycles. The molecule has 0 unspecified atom stereocenters. The number of carbonyl (C=O) groups excluding carboxylic acids is 1. The molecule has 0 fully saturated rings. The number of benzene rings is 2. The molecule has 4 nitrogen and oxygen atoms in total. The zero-order chi connectivity index (χ0) is 18.7. The lowest BCUT2D eigenvalue weighted by Gasteiger charge is -2.24. The molecule has 26 heavy (non-hydrogen) atoms. The van der Waals surface area contributed by atoms with Crippen molar-refractivity contribution in [3.8, 4) is 0 Å². The van der Waals surface area contributed by atoms with Crippen LogP contribution in [0.1, 0.15) is 42.8 Å². The molecular formula is C22H26N2O2. The molecule has 1 amide bonds. The van der Waals surface area contributed by atoms with Crippen molar-refractivity contribution >= 4 is 17.0 Å². The molecule has 0 saturated carbocycles. The summed E-state index contributed by atoms with van der Waals surface area (Å²) in [7, 11) is 0. The standard InChI is InChI=1S/C22H26N2O2/c1-5-17(4)22(25)24(13-18-9-6-15(2)7-10-18)14-21-23-19-12-16(3)8-11-20(19)26-21/h6-12,17H,5,13-14H2,1-4H3/t17-/m0/s1. The summed E-state index contributed by atoms with van der Waals surface area (Å²) in [6.45, 7) is 9.04. The van der Waals surface area contributed by atoms with Crippen LogP contribution >= 0.6 is 0 Å². The van der Waals surface area contributed by atoms with Gasteiger partial charge in [0.1, 0.15) is 5.52 Å². The van der Waals surface area contributed by atoms with Gasteiger partial charge in [0.15, 0.2) is 5.58 Å². The first-order valence-electron chi connectivity index (χ1n) is 9.16. The number of fused-ring (bicyclic) bond motifs is 1. The topological polar surface area (TPSA) is 46.3 Å². The van der Waals surface area contributed by atoms with E-state index in [9.17, 15) is 4.79 Å². The molecule has 3 rings (SSSR count). The molecule has 0 aliphatic rings. The first kappa shape index (κ1) is 18.2. The second-order valence-corrected chi connectivity index (χ2v) is 7.07. The minimum atomic E-state index is -0.0212. The molecule has 0 aliphatic carbocycles. The van der Waals surface area contributed by atoms with E-state index in [0.29, 0.717) is 19.0 Å². The highest BCUT2D eigenvalue weighted by atomic mass is 16.3. The number of aryl methyl sites for hydroxylation is 2. The van der Waals surface area contributed by atoms with E-state index in [1.165, 1.54) is 5.56 Å². The Morgan fingerprint density at radius 3 is 2.46 bits per heavy atom. The van der Waals surface area contributed by atoms with Gasteiger partial charge in [-0.2, -0.15) is 0 Å². The van der Waals surface area contributed by atoms with Crippen LogP contribution in [0.3, 0.4) is 0 Å². The molecule has 1 aromatic heterocycles. The Balaban J connectivity index is 1.85. The molecule has 0 bridgehead atoms. The normalized spacial score (nSPS) is 12.3. The lowest BCUT2D eigenvalue weighted by atomic mass is 10.1. The van der Waals surface area contributed by atoms with E-state index >= 15 is 0 Å². The Labute approximate surface area is 154 Å². The third kappa shape index (κ3) is 4.13. The molecule has 4 heteroatoms. The number of hydrogen-bond acceptors (Lipinski definition) is 3. The summed E-state index contributed by atoms with van der Waals surface area (Å²) in [6, 6.07) is 14.2. The number of hydrogen-bond donors (Lipinski definition) is 0. The molecule has 0 aliphatic heterocycles. The van der Waals surface area contributed by atoms with Gasteiger partial charge < -0.3 is 9.32 Å². The highest BCUT2D eigenvalue weighted by molar-refractivity contribution is 5.78. The largest absolute Gasteiger partial charge is 0.439 e. The fraction of sp³-hybridized carbons (Fsp3) is 0.364. The zero-order valence-corrected chi connectivity index (χ0v) is 16.0. The Hall–Kier alpha value is -2.62. The summed E-state index contributed by atoms with van der Waals surface area (Å²) in [5.41, 5.74) is 5.06. The smallest absolute Gasteiger partial charge is 0.226 e. The van der Waals surface area contributed by atoms with Gasteiger partial charge in [-0.1, -0.05) is 49.7 Å². The maximum Gasteiger partial charge on any atom is 0.226 e. The van der Waals surface area contributed by atoms with Crippen LogP contribution in [0.25, 0.3) is 11.1 Å². The molecule has 0 radical (unpaired) electrons. The maximum atomic E-state index is 12.9. The summed E-state index contributed by atoms with van der Waals surface area (Å²) in [6.07, 6.45) is 0.815. The second kappa shape index (κ2) is 7.73. The van der Waals surface area contributed by atoms with E-state index in [0.717, 1.165) is 28.6 Å². The Morgan fingerprint density at radius 2 is 1.77 bits per heavy atom. The fourth-order valence-electron chi connectivity index (χ4n) is 2.93. The summed E-state index contributed by atoms with van der Waals surface area (Å²) in [4.78, 5) is 19.3. The number of oxazole rings is 1. The van der Waals surface area contributed by atoms with Gasteiger partial charge in [-0.15, -0.1) is 0 Å². The van der Waals surface area contributed by atoms with Gasteiger partial charge in [0.2, 0.25) is 11.8 Å². The van der Waals surface area contributed by atoms with E-state index < -0.39 is 0 Å². The fourth-order valence-corrected chi connectivity index (χ4v) is 2.93. The Bertz CT molecular complexity index is 896. The molecule has 136 valence electrons. The highest BCUT2D eigenvalue weighted by Crippen LogP contribution is 2.20. The van der Waals surface area contributed by atoms with Crippen molar-refractivity contribution in [3.05, 3.63) is 65.0 Å². The molecule has 0 N–H and O–H groups in total. The Kier molecular flexibility index (Phi) is 5.40. The van der Waals surface area contributed by atoms with Crippen LogP contribution in [-0.2, 0) is 17.9 Å². The van der Waals surface area contributed by atoms with Crippen molar-refractivity contribution in [2.24, 2.45) is 5.92 Å². The van der Waals surface area contributed by atoms with Gasteiger partial charge >= 0.3 is 0 Å². The van der Waals surface area contributed by atoms with Crippen LogP contribution in [0.15, 0.2) is 46.9 Å². The average Bonchev–Trinajstić information content (AvgIpc) is 3.03. The molecule has 0 saturated heterocycles. The second-order valence-electron chi connectivity index (χ2n) is 7.07. The van der Waals surface area contributed by atoms with E-state index in [1.54, 1.807) is 0 Å². The third-order valence-electron chi connectivity index (χ3n) is 4.75. The molecule has 2 aromatic carbocycles. The number of nitrogens with zero attached hydrogens (tertiary/aromatic N) is 2. The van der Waals surface area contributed by atoms with E-state index in [2.05, 4.69) is 36.2 Å². The van der Waals surface area contributed by atoms with Crippen molar-refractivity contribution in [2.45, 2.75) is 47.2 Å².